The Morgan fingerprint density at radius 1 is 0.404 bits per heavy atom. The Hall–Kier alpha value is -7.11. The van der Waals surface area contributed by atoms with Gasteiger partial charge in [-0.25, -0.2) is 4.98 Å². The molecule has 0 saturated carbocycles. The largest absolute Gasteiger partial charge is 0.456 e. The van der Waals surface area contributed by atoms with Crippen molar-refractivity contribution in [3.63, 3.8) is 0 Å². The molecule has 0 N–H and O–H groups in total. The van der Waals surface area contributed by atoms with Crippen molar-refractivity contribution in [2.75, 3.05) is 4.90 Å². The zero-order valence-electron chi connectivity index (χ0n) is 27.8. The molecule has 5 heteroatoms. The van der Waals surface area contributed by atoms with E-state index in [9.17, 15) is 0 Å². The lowest BCUT2D eigenvalue weighted by Crippen LogP contribution is -2.10. The van der Waals surface area contributed by atoms with Gasteiger partial charge in [0.05, 0.1) is 11.1 Å². The Balaban J connectivity index is 1.14. The van der Waals surface area contributed by atoms with Gasteiger partial charge in [-0.1, -0.05) is 97.1 Å². The molecule has 3 heterocycles. The molecule has 0 unspecified atom stereocenters. The number of hydrogen-bond acceptors (Lipinski definition) is 5. The number of oxazole rings is 1. The average molecular weight is 669 g/mol. The van der Waals surface area contributed by atoms with E-state index in [2.05, 4.69) is 114 Å². The lowest BCUT2D eigenvalue weighted by Gasteiger charge is -2.26. The number of aromatic nitrogens is 1. The third-order valence-electron chi connectivity index (χ3n) is 10.1. The van der Waals surface area contributed by atoms with E-state index in [-0.39, 0.29) is 0 Å². The zero-order valence-corrected chi connectivity index (χ0v) is 27.8. The Morgan fingerprint density at radius 2 is 1.06 bits per heavy atom. The van der Waals surface area contributed by atoms with Crippen molar-refractivity contribution in [3.8, 4) is 22.6 Å². The van der Waals surface area contributed by atoms with Crippen LogP contribution >= 0.6 is 0 Å². The van der Waals surface area contributed by atoms with Crippen LogP contribution in [-0.2, 0) is 0 Å². The number of nitrogens with zero attached hydrogens (tertiary/aromatic N) is 2. The highest BCUT2D eigenvalue weighted by Crippen LogP contribution is 2.46. The van der Waals surface area contributed by atoms with Gasteiger partial charge >= 0.3 is 0 Å². The maximum Gasteiger partial charge on any atom is 0.228 e. The first kappa shape index (κ1) is 28.7. The molecule has 11 aromatic rings. The van der Waals surface area contributed by atoms with E-state index in [1.54, 1.807) is 0 Å². The van der Waals surface area contributed by atoms with Crippen LogP contribution in [-0.4, -0.2) is 4.98 Å². The number of rotatable bonds is 5. The topological polar surface area (TPSA) is 55.6 Å². The number of furan rings is 2. The summed E-state index contributed by atoms with van der Waals surface area (Å²) in [6, 6.07) is 58.7. The summed E-state index contributed by atoms with van der Waals surface area (Å²) in [6.07, 6.45) is 0. The van der Waals surface area contributed by atoms with Crippen LogP contribution in [0.25, 0.3) is 88.3 Å². The second-order valence-electron chi connectivity index (χ2n) is 13.1. The number of fused-ring (bicyclic) bond motifs is 8. The third kappa shape index (κ3) is 4.39. The highest BCUT2D eigenvalue weighted by Gasteiger charge is 2.22. The van der Waals surface area contributed by atoms with Gasteiger partial charge in [-0.15, -0.1) is 0 Å². The standard InChI is InChI=1S/C47H28N2O3/c1-2-11-29(12-3-1)33-15-8-13-30-27-31(23-25-34(30)33)49(39-18-10-22-43-46(39)35-14-4-6-19-40(35)50-43)32-24-26-36-44(28-32)51-42-21-9-16-37(45(36)42)47-48-38-17-5-7-20-41(38)52-47/h1-28H. The van der Waals surface area contributed by atoms with Gasteiger partial charge in [-0.2, -0.15) is 0 Å². The number of anilines is 3. The quantitative estimate of drug-likeness (QED) is 0.183. The summed E-state index contributed by atoms with van der Waals surface area (Å²) in [5.74, 6) is 0.574. The first-order valence-corrected chi connectivity index (χ1v) is 17.4. The number of para-hydroxylation sites is 3. The monoisotopic (exact) mass is 668 g/mol. The maximum atomic E-state index is 6.61. The lowest BCUT2D eigenvalue weighted by molar-refractivity contribution is 0.620. The molecule has 11 rings (SSSR count). The minimum Gasteiger partial charge on any atom is -0.456 e. The van der Waals surface area contributed by atoms with Crippen molar-refractivity contribution in [2.45, 2.75) is 0 Å². The number of hydrogen-bond donors (Lipinski definition) is 0. The van der Waals surface area contributed by atoms with Crippen molar-refractivity contribution in [1.82, 2.24) is 4.98 Å². The second-order valence-corrected chi connectivity index (χ2v) is 13.1. The van der Waals surface area contributed by atoms with E-state index in [0.717, 1.165) is 83.0 Å². The molecular formula is C47H28N2O3. The van der Waals surface area contributed by atoms with Crippen molar-refractivity contribution in [2.24, 2.45) is 0 Å². The first-order valence-electron chi connectivity index (χ1n) is 17.4. The highest BCUT2D eigenvalue weighted by atomic mass is 16.4. The van der Waals surface area contributed by atoms with Crippen molar-refractivity contribution in [3.05, 3.63) is 170 Å². The van der Waals surface area contributed by atoms with Gasteiger partial charge in [0, 0.05) is 39.2 Å². The molecule has 0 aliphatic carbocycles. The van der Waals surface area contributed by atoms with E-state index in [0.29, 0.717) is 5.89 Å². The van der Waals surface area contributed by atoms with Crippen molar-refractivity contribution >= 4 is 82.8 Å². The van der Waals surface area contributed by atoms with Gasteiger partial charge in [0.15, 0.2) is 5.58 Å². The van der Waals surface area contributed by atoms with E-state index in [4.69, 9.17) is 18.2 Å². The van der Waals surface area contributed by atoms with Gasteiger partial charge in [0.1, 0.15) is 27.8 Å². The SMILES string of the molecule is c1ccc(-c2cccc3cc(N(c4ccc5c(c4)oc4cccc(-c6nc7ccccc7o6)c45)c4cccc5oc6ccccc6c45)ccc23)cc1. The molecular weight excluding hydrogens is 641 g/mol. The number of benzene rings is 8. The molecule has 0 fully saturated rings. The van der Waals surface area contributed by atoms with Crippen LogP contribution in [0.1, 0.15) is 0 Å². The molecule has 8 aromatic carbocycles. The third-order valence-corrected chi connectivity index (χ3v) is 10.1. The maximum absolute atomic E-state index is 6.61. The Kier molecular flexibility index (Phi) is 6.18. The van der Waals surface area contributed by atoms with Crippen LogP contribution in [0.15, 0.2) is 183 Å². The fourth-order valence-electron chi connectivity index (χ4n) is 7.77. The Labute approximate surface area is 297 Å². The molecule has 0 aliphatic rings. The summed E-state index contributed by atoms with van der Waals surface area (Å²) in [7, 11) is 0. The van der Waals surface area contributed by atoms with Gasteiger partial charge in [-0.05, 0) is 88.6 Å². The first-order chi connectivity index (χ1) is 25.8. The smallest absolute Gasteiger partial charge is 0.228 e. The van der Waals surface area contributed by atoms with Gasteiger partial charge in [-0.3, -0.25) is 0 Å². The molecule has 5 nitrogen and oxygen atoms in total. The normalized spacial score (nSPS) is 11.8. The van der Waals surface area contributed by atoms with Gasteiger partial charge < -0.3 is 18.2 Å². The summed E-state index contributed by atoms with van der Waals surface area (Å²) in [6.45, 7) is 0. The molecule has 0 bridgehead atoms. The average Bonchev–Trinajstić information content (AvgIpc) is 3.91. The molecule has 0 radical (unpaired) electrons. The van der Waals surface area contributed by atoms with Crippen LogP contribution in [0.3, 0.4) is 0 Å². The molecule has 0 atom stereocenters. The van der Waals surface area contributed by atoms with Crippen molar-refractivity contribution < 1.29 is 13.3 Å². The molecule has 3 aromatic heterocycles. The Bertz CT molecular complexity index is 3120. The van der Waals surface area contributed by atoms with E-state index < -0.39 is 0 Å². The molecule has 0 saturated heterocycles. The van der Waals surface area contributed by atoms with Crippen molar-refractivity contribution in [1.29, 1.82) is 0 Å². The van der Waals surface area contributed by atoms with E-state index >= 15 is 0 Å². The molecule has 0 aliphatic heterocycles. The molecule has 244 valence electrons. The highest BCUT2D eigenvalue weighted by molar-refractivity contribution is 6.15. The van der Waals surface area contributed by atoms with Crippen LogP contribution < -0.4 is 4.90 Å². The second kappa shape index (κ2) is 11.2. The zero-order chi connectivity index (χ0) is 34.2. The minimum absolute atomic E-state index is 0.574. The van der Waals surface area contributed by atoms with Crippen LogP contribution in [0.5, 0.6) is 0 Å². The fraction of sp³-hybridized carbons (Fsp3) is 0. The van der Waals surface area contributed by atoms with E-state index in [1.807, 2.05) is 60.7 Å². The van der Waals surface area contributed by atoms with Crippen LogP contribution in [0, 0.1) is 0 Å². The summed E-state index contributed by atoms with van der Waals surface area (Å²) in [4.78, 5) is 7.13. The predicted octanol–water partition coefficient (Wildman–Crippen LogP) is 13.6. The van der Waals surface area contributed by atoms with Crippen LogP contribution in [0.2, 0.25) is 0 Å². The molecule has 0 spiro atoms. The van der Waals surface area contributed by atoms with E-state index in [1.165, 1.54) is 16.5 Å². The van der Waals surface area contributed by atoms with Crippen LogP contribution in [0.4, 0.5) is 17.1 Å². The molecule has 52 heavy (non-hydrogen) atoms. The van der Waals surface area contributed by atoms with Gasteiger partial charge in [0.2, 0.25) is 5.89 Å². The molecule has 0 amide bonds. The van der Waals surface area contributed by atoms with Gasteiger partial charge in [0.25, 0.3) is 0 Å². The summed E-state index contributed by atoms with van der Waals surface area (Å²) in [5.41, 5.74) is 11.1. The predicted molar refractivity (Wildman–Crippen MR) is 212 cm³/mol. The summed E-state index contributed by atoms with van der Waals surface area (Å²) in [5, 5.41) is 6.45. The summed E-state index contributed by atoms with van der Waals surface area (Å²) >= 11 is 0. The minimum atomic E-state index is 0.574. The Morgan fingerprint density at radius 3 is 1.94 bits per heavy atom. The summed E-state index contributed by atoms with van der Waals surface area (Å²) < 4.78 is 19.2. The fourth-order valence-corrected chi connectivity index (χ4v) is 7.77. The lowest BCUT2D eigenvalue weighted by atomic mass is 9.97.